The average Bonchev–Trinajstić information content (AvgIpc) is 2.22. The molecule has 2 rings (SSSR count). The molecule has 0 amide bonds. The second kappa shape index (κ2) is 4.48. The predicted octanol–water partition coefficient (Wildman–Crippen LogP) is 3.01. The van der Waals surface area contributed by atoms with Crippen LogP contribution in [0.4, 0.5) is 17.1 Å². The van der Waals surface area contributed by atoms with Crippen LogP contribution in [-0.2, 0) is 0 Å². The van der Waals surface area contributed by atoms with Gasteiger partial charge in [0.25, 0.3) is 0 Å². The third-order valence-corrected chi connectivity index (χ3v) is 2.85. The summed E-state index contributed by atoms with van der Waals surface area (Å²) >= 11 is 2.28. The van der Waals surface area contributed by atoms with Gasteiger partial charge in [0, 0.05) is 9.77 Å². The number of halogens is 1. The minimum atomic E-state index is 0.658. The van der Waals surface area contributed by atoms with E-state index in [0.717, 1.165) is 14.9 Å². The molecule has 2 aromatic rings. The van der Waals surface area contributed by atoms with Crippen LogP contribution in [0, 0.1) is 3.57 Å². The number of para-hydroxylation sites is 1. The van der Waals surface area contributed by atoms with Gasteiger partial charge >= 0.3 is 0 Å². The molecule has 1 heterocycles. The monoisotopic (exact) mass is 311 g/mol. The molecule has 0 aliphatic carbocycles. The predicted molar refractivity (Wildman–Crippen MR) is 71.1 cm³/mol. The summed E-state index contributed by atoms with van der Waals surface area (Å²) in [5, 5.41) is 3.26. The van der Waals surface area contributed by atoms with Crippen molar-refractivity contribution >= 4 is 39.7 Å². The number of hydrogen-bond donors (Lipinski definition) is 2. The average molecular weight is 311 g/mol. The van der Waals surface area contributed by atoms with E-state index in [1.54, 1.807) is 12.4 Å². The maximum absolute atomic E-state index is 5.65. The SMILES string of the molecule is Nc1cncc(Nc2ccccc2I)c1. The fraction of sp³-hybridized carbons (Fsp3) is 0. The fourth-order valence-corrected chi connectivity index (χ4v) is 1.77. The summed E-state index contributed by atoms with van der Waals surface area (Å²) in [6, 6.07) is 9.92. The highest BCUT2D eigenvalue weighted by Crippen LogP contribution is 2.22. The van der Waals surface area contributed by atoms with Gasteiger partial charge in [0.1, 0.15) is 0 Å². The van der Waals surface area contributed by atoms with E-state index in [1.165, 1.54) is 0 Å². The third kappa shape index (κ3) is 2.59. The van der Waals surface area contributed by atoms with Crippen LogP contribution in [0.1, 0.15) is 0 Å². The van der Waals surface area contributed by atoms with Crippen LogP contribution in [-0.4, -0.2) is 4.98 Å². The maximum Gasteiger partial charge on any atom is 0.0591 e. The van der Waals surface area contributed by atoms with Gasteiger partial charge in [0.05, 0.1) is 23.3 Å². The highest BCUT2D eigenvalue weighted by atomic mass is 127. The lowest BCUT2D eigenvalue weighted by Gasteiger charge is -2.08. The number of anilines is 3. The molecule has 4 heteroatoms. The molecule has 0 unspecified atom stereocenters. The highest BCUT2D eigenvalue weighted by molar-refractivity contribution is 14.1. The molecule has 0 atom stereocenters. The van der Waals surface area contributed by atoms with Gasteiger partial charge in [-0.25, -0.2) is 0 Å². The Morgan fingerprint density at radius 3 is 2.73 bits per heavy atom. The second-order valence-corrected chi connectivity index (χ2v) is 4.27. The Morgan fingerprint density at radius 1 is 1.20 bits per heavy atom. The molecule has 0 aliphatic heterocycles. The van der Waals surface area contributed by atoms with Crippen molar-refractivity contribution in [3.05, 3.63) is 46.3 Å². The lowest BCUT2D eigenvalue weighted by Crippen LogP contribution is -1.95. The zero-order valence-corrected chi connectivity index (χ0v) is 10.1. The minimum absolute atomic E-state index is 0.658. The standard InChI is InChI=1S/C11H10IN3/c12-10-3-1-2-4-11(10)15-9-5-8(13)6-14-7-9/h1-7,15H,13H2. The number of nitrogen functional groups attached to an aromatic ring is 1. The number of benzene rings is 1. The highest BCUT2D eigenvalue weighted by Gasteiger charge is 1.99. The number of rotatable bonds is 2. The van der Waals surface area contributed by atoms with Crippen molar-refractivity contribution in [1.82, 2.24) is 4.98 Å². The first-order chi connectivity index (χ1) is 7.25. The van der Waals surface area contributed by atoms with Crippen LogP contribution in [0.5, 0.6) is 0 Å². The molecular formula is C11H10IN3. The van der Waals surface area contributed by atoms with Crippen LogP contribution >= 0.6 is 22.6 Å². The molecule has 1 aromatic heterocycles. The van der Waals surface area contributed by atoms with Crippen molar-refractivity contribution in [2.45, 2.75) is 0 Å². The molecule has 0 fully saturated rings. The van der Waals surface area contributed by atoms with Gasteiger partial charge in [0.15, 0.2) is 0 Å². The smallest absolute Gasteiger partial charge is 0.0591 e. The van der Waals surface area contributed by atoms with E-state index >= 15 is 0 Å². The van der Waals surface area contributed by atoms with Crippen LogP contribution < -0.4 is 11.1 Å². The Labute approximate surface area is 102 Å². The molecule has 0 spiro atoms. The lowest BCUT2D eigenvalue weighted by atomic mass is 10.3. The van der Waals surface area contributed by atoms with Crippen LogP contribution in [0.25, 0.3) is 0 Å². The van der Waals surface area contributed by atoms with E-state index in [1.807, 2.05) is 30.3 Å². The van der Waals surface area contributed by atoms with Gasteiger partial charge in [-0.2, -0.15) is 0 Å². The minimum Gasteiger partial charge on any atom is -0.397 e. The molecule has 1 aromatic carbocycles. The van der Waals surface area contributed by atoms with Crippen molar-refractivity contribution in [3.63, 3.8) is 0 Å². The number of pyridine rings is 1. The summed E-state index contributed by atoms with van der Waals surface area (Å²) in [5.41, 5.74) is 8.27. The van der Waals surface area contributed by atoms with Gasteiger partial charge in [-0.05, 0) is 40.8 Å². The van der Waals surface area contributed by atoms with Crippen molar-refractivity contribution in [2.75, 3.05) is 11.1 Å². The number of nitrogens with zero attached hydrogens (tertiary/aromatic N) is 1. The van der Waals surface area contributed by atoms with Crippen LogP contribution in [0.15, 0.2) is 42.7 Å². The zero-order valence-electron chi connectivity index (χ0n) is 7.94. The number of nitrogens with two attached hydrogens (primary N) is 1. The quantitative estimate of drug-likeness (QED) is 0.838. The van der Waals surface area contributed by atoms with E-state index in [4.69, 9.17) is 5.73 Å². The normalized spacial score (nSPS) is 9.93. The molecule has 0 saturated carbocycles. The summed E-state index contributed by atoms with van der Waals surface area (Å²) in [4.78, 5) is 4.02. The zero-order chi connectivity index (χ0) is 10.7. The molecular weight excluding hydrogens is 301 g/mol. The molecule has 0 aliphatic rings. The van der Waals surface area contributed by atoms with Gasteiger partial charge in [0.2, 0.25) is 0 Å². The van der Waals surface area contributed by atoms with E-state index in [2.05, 4.69) is 32.9 Å². The first-order valence-electron chi connectivity index (χ1n) is 4.48. The third-order valence-electron chi connectivity index (χ3n) is 1.91. The summed E-state index contributed by atoms with van der Waals surface area (Å²) in [7, 11) is 0. The maximum atomic E-state index is 5.65. The van der Waals surface area contributed by atoms with Crippen LogP contribution in [0.3, 0.4) is 0 Å². The van der Waals surface area contributed by atoms with Crippen molar-refractivity contribution in [1.29, 1.82) is 0 Å². The molecule has 0 saturated heterocycles. The van der Waals surface area contributed by atoms with Gasteiger partial charge in [-0.3, -0.25) is 4.98 Å². The van der Waals surface area contributed by atoms with Crippen molar-refractivity contribution in [3.8, 4) is 0 Å². The first-order valence-corrected chi connectivity index (χ1v) is 5.55. The number of hydrogen-bond acceptors (Lipinski definition) is 3. The molecule has 3 nitrogen and oxygen atoms in total. The molecule has 76 valence electrons. The van der Waals surface area contributed by atoms with Crippen molar-refractivity contribution in [2.24, 2.45) is 0 Å². The van der Waals surface area contributed by atoms with Crippen molar-refractivity contribution < 1.29 is 0 Å². The summed E-state index contributed by atoms with van der Waals surface area (Å²) < 4.78 is 1.16. The van der Waals surface area contributed by atoms with E-state index < -0.39 is 0 Å². The molecule has 0 bridgehead atoms. The topological polar surface area (TPSA) is 50.9 Å². The molecule has 3 N–H and O–H groups in total. The van der Waals surface area contributed by atoms with E-state index in [0.29, 0.717) is 5.69 Å². The number of nitrogens with one attached hydrogen (secondary N) is 1. The van der Waals surface area contributed by atoms with Crippen LogP contribution in [0.2, 0.25) is 0 Å². The van der Waals surface area contributed by atoms with E-state index in [-0.39, 0.29) is 0 Å². The fourth-order valence-electron chi connectivity index (χ4n) is 1.24. The summed E-state index contributed by atoms with van der Waals surface area (Å²) in [6.45, 7) is 0. The lowest BCUT2D eigenvalue weighted by molar-refractivity contribution is 1.32. The number of aromatic nitrogens is 1. The first kappa shape index (κ1) is 10.2. The molecule has 0 radical (unpaired) electrons. The van der Waals surface area contributed by atoms with E-state index in [9.17, 15) is 0 Å². The van der Waals surface area contributed by atoms with Gasteiger partial charge in [-0.1, -0.05) is 12.1 Å². The van der Waals surface area contributed by atoms with Gasteiger partial charge < -0.3 is 11.1 Å². The Kier molecular flexibility index (Phi) is 3.05. The Hall–Kier alpha value is -1.30. The Balaban J connectivity index is 2.26. The second-order valence-electron chi connectivity index (χ2n) is 3.11. The Morgan fingerprint density at radius 2 is 2.00 bits per heavy atom. The summed E-state index contributed by atoms with van der Waals surface area (Å²) in [5.74, 6) is 0. The Bertz CT molecular complexity index is 471. The molecule has 15 heavy (non-hydrogen) atoms. The largest absolute Gasteiger partial charge is 0.397 e. The van der Waals surface area contributed by atoms with Gasteiger partial charge in [-0.15, -0.1) is 0 Å². The summed E-state index contributed by atoms with van der Waals surface area (Å²) in [6.07, 6.45) is 3.38.